The number of aryl methyl sites for hydroxylation is 1. The second-order valence-corrected chi connectivity index (χ2v) is 8.46. The van der Waals surface area contributed by atoms with Crippen LogP contribution in [0.3, 0.4) is 0 Å². The Labute approximate surface area is 205 Å². The lowest BCUT2D eigenvalue weighted by molar-refractivity contribution is -0.132. The SMILES string of the molecule is CCc1ccc(N2C(=O)C(=O)/C(=C(\O)c3ccc(F)cc3)C2c2ccc(N(CC)CC)cc2)cc1. The molecule has 6 heteroatoms. The van der Waals surface area contributed by atoms with Crippen LogP contribution in [0.2, 0.25) is 0 Å². The van der Waals surface area contributed by atoms with Crippen molar-refractivity contribution in [1.29, 1.82) is 0 Å². The molecule has 0 aromatic heterocycles. The Morgan fingerprint density at radius 2 is 1.49 bits per heavy atom. The molecule has 5 nitrogen and oxygen atoms in total. The second kappa shape index (κ2) is 10.1. The van der Waals surface area contributed by atoms with Crippen molar-refractivity contribution in [2.45, 2.75) is 33.2 Å². The fourth-order valence-corrected chi connectivity index (χ4v) is 4.53. The molecule has 0 spiro atoms. The molecule has 35 heavy (non-hydrogen) atoms. The van der Waals surface area contributed by atoms with Gasteiger partial charge in [-0.3, -0.25) is 14.5 Å². The zero-order chi connectivity index (χ0) is 25.1. The van der Waals surface area contributed by atoms with Gasteiger partial charge in [0.05, 0.1) is 11.6 Å². The standard InChI is InChI=1S/C29H29FN2O3/c1-4-19-7-15-24(16-8-19)32-26(20-11-17-23(18-12-20)31(5-2)6-3)25(28(34)29(32)35)27(33)21-9-13-22(30)14-10-21/h7-18,26,33H,4-6H2,1-3H3/b27-25-. The van der Waals surface area contributed by atoms with Crippen LogP contribution in [0.25, 0.3) is 5.76 Å². The number of Topliss-reactive ketones (excluding diaryl/α,β-unsaturated/α-hetero) is 1. The third-order valence-corrected chi connectivity index (χ3v) is 6.52. The van der Waals surface area contributed by atoms with E-state index >= 15 is 0 Å². The summed E-state index contributed by atoms with van der Waals surface area (Å²) in [5, 5.41) is 11.1. The Bertz CT molecular complexity index is 1240. The lowest BCUT2D eigenvalue weighted by Crippen LogP contribution is -2.29. The van der Waals surface area contributed by atoms with Crippen molar-refractivity contribution < 1.29 is 19.1 Å². The number of aliphatic hydroxyl groups excluding tert-OH is 1. The van der Waals surface area contributed by atoms with Gasteiger partial charge in [0.2, 0.25) is 0 Å². The van der Waals surface area contributed by atoms with E-state index in [0.29, 0.717) is 11.3 Å². The van der Waals surface area contributed by atoms with Crippen LogP contribution < -0.4 is 9.80 Å². The average molecular weight is 473 g/mol. The van der Waals surface area contributed by atoms with Gasteiger partial charge < -0.3 is 10.0 Å². The number of carbonyl (C=O) groups excluding carboxylic acids is 2. The summed E-state index contributed by atoms with van der Waals surface area (Å²) in [6.07, 6.45) is 0.847. The van der Waals surface area contributed by atoms with E-state index in [1.54, 1.807) is 0 Å². The number of halogens is 1. The van der Waals surface area contributed by atoms with Crippen LogP contribution in [0.5, 0.6) is 0 Å². The number of anilines is 2. The fraction of sp³-hybridized carbons (Fsp3) is 0.241. The minimum atomic E-state index is -0.821. The first kappa shape index (κ1) is 24.2. The molecule has 180 valence electrons. The first-order chi connectivity index (χ1) is 16.9. The molecule has 1 aliphatic rings. The van der Waals surface area contributed by atoms with Crippen LogP contribution in [0, 0.1) is 5.82 Å². The summed E-state index contributed by atoms with van der Waals surface area (Å²) >= 11 is 0. The lowest BCUT2D eigenvalue weighted by Gasteiger charge is -2.27. The van der Waals surface area contributed by atoms with Gasteiger partial charge in [-0.05, 0) is 79.9 Å². The zero-order valence-electron chi connectivity index (χ0n) is 20.2. The van der Waals surface area contributed by atoms with Crippen LogP contribution in [0.1, 0.15) is 43.5 Å². The summed E-state index contributed by atoms with van der Waals surface area (Å²) in [6, 6.07) is 19.6. The number of aliphatic hydroxyl groups is 1. The molecule has 1 saturated heterocycles. The monoisotopic (exact) mass is 472 g/mol. The van der Waals surface area contributed by atoms with E-state index in [4.69, 9.17) is 0 Å². The van der Waals surface area contributed by atoms with Crippen LogP contribution in [0.15, 0.2) is 78.4 Å². The Morgan fingerprint density at radius 1 is 0.886 bits per heavy atom. The van der Waals surface area contributed by atoms with Gasteiger partial charge in [0.1, 0.15) is 11.6 Å². The van der Waals surface area contributed by atoms with Gasteiger partial charge in [-0.25, -0.2) is 4.39 Å². The molecule has 3 aromatic carbocycles. The lowest BCUT2D eigenvalue weighted by atomic mass is 9.94. The average Bonchev–Trinajstić information content (AvgIpc) is 3.15. The van der Waals surface area contributed by atoms with E-state index in [2.05, 4.69) is 18.7 Å². The van der Waals surface area contributed by atoms with Gasteiger partial charge in [-0.2, -0.15) is 0 Å². The highest BCUT2D eigenvalue weighted by atomic mass is 19.1. The quantitative estimate of drug-likeness (QED) is 0.266. The highest BCUT2D eigenvalue weighted by Gasteiger charge is 2.47. The van der Waals surface area contributed by atoms with Gasteiger partial charge >= 0.3 is 0 Å². The molecule has 1 aliphatic heterocycles. The van der Waals surface area contributed by atoms with Crippen LogP contribution in [-0.4, -0.2) is 29.9 Å². The number of nitrogens with zero attached hydrogens (tertiary/aromatic N) is 2. The Balaban J connectivity index is 1.88. The maximum Gasteiger partial charge on any atom is 0.300 e. The molecule has 1 fully saturated rings. The number of benzene rings is 3. The van der Waals surface area contributed by atoms with E-state index in [1.807, 2.05) is 55.5 Å². The van der Waals surface area contributed by atoms with Crippen molar-refractivity contribution in [1.82, 2.24) is 0 Å². The maximum absolute atomic E-state index is 13.5. The molecule has 1 amide bonds. The van der Waals surface area contributed by atoms with Gasteiger partial charge in [0.15, 0.2) is 0 Å². The van der Waals surface area contributed by atoms with E-state index in [1.165, 1.54) is 29.2 Å². The third kappa shape index (κ3) is 4.56. The number of ketones is 1. The number of hydrogen-bond acceptors (Lipinski definition) is 4. The van der Waals surface area contributed by atoms with E-state index in [-0.39, 0.29) is 16.9 Å². The summed E-state index contributed by atoms with van der Waals surface area (Å²) < 4.78 is 13.5. The molecule has 3 aromatic rings. The molecule has 1 unspecified atom stereocenters. The molecule has 0 radical (unpaired) electrons. The van der Waals surface area contributed by atoms with Gasteiger partial charge in [0.25, 0.3) is 11.7 Å². The second-order valence-electron chi connectivity index (χ2n) is 8.46. The summed E-state index contributed by atoms with van der Waals surface area (Å²) in [5.41, 5.74) is 3.66. The third-order valence-electron chi connectivity index (χ3n) is 6.52. The summed E-state index contributed by atoms with van der Waals surface area (Å²) in [4.78, 5) is 30.2. The summed E-state index contributed by atoms with van der Waals surface area (Å²) in [5.74, 6) is -2.27. The molecular formula is C29H29FN2O3. The number of rotatable bonds is 7. The Morgan fingerprint density at radius 3 is 2.03 bits per heavy atom. The topological polar surface area (TPSA) is 60.9 Å². The molecule has 1 heterocycles. The zero-order valence-corrected chi connectivity index (χ0v) is 20.2. The smallest absolute Gasteiger partial charge is 0.300 e. The normalized spacial score (nSPS) is 17.1. The van der Waals surface area contributed by atoms with Crippen molar-refractivity contribution in [3.63, 3.8) is 0 Å². The highest BCUT2D eigenvalue weighted by molar-refractivity contribution is 6.51. The highest BCUT2D eigenvalue weighted by Crippen LogP contribution is 2.42. The minimum absolute atomic E-state index is 0.0169. The molecule has 0 aliphatic carbocycles. The molecule has 1 N–H and O–H groups in total. The summed E-state index contributed by atoms with van der Waals surface area (Å²) in [7, 11) is 0. The first-order valence-corrected chi connectivity index (χ1v) is 11.9. The predicted octanol–water partition coefficient (Wildman–Crippen LogP) is 5.86. The number of amides is 1. The van der Waals surface area contributed by atoms with Gasteiger partial charge in [-0.1, -0.05) is 31.2 Å². The first-order valence-electron chi connectivity index (χ1n) is 11.9. The Kier molecular flexibility index (Phi) is 7.01. The maximum atomic E-state index is 13.5. The molecule has 0 bridgehead atoms. The van der Waals surface area contributed by atoms with Crippen molar-refractivity contribution in [3.05, 3.63) is 101 Å². The van der Waals surface area contributed by atoms with E-state index in [0.717, 1.165) is 30.8 Å². The molecular weight excluding hydrogens is 443 g/mol. The minimum Gasteiger partial charge on any atom is -0.507 e. The van der Waals surface area contributed by atoms with Crippen LogP contribution in [0.4, 0.5) is 15.8 Å². The van der Waals surface area contributed by atoms with Crippen molar-refractivity contribution in [2.24, 2.45) is 0 Å². The fourth-order valence-electron chi connectivity index (χ4n) is 4.53. The largest absolute Gasteiger partial charge is 0.507 e. The van der Waals surface area contributed by atoms with Gasteiger partial charge in [0, 0.05) is 30.0 Å². The Hall–Kier alpha value is -3.93. The van der Waals surface area contributed by atoms with Crippen molar-refractivity contribution in [2.75, 3.05) is 22.9 Å². The molecule has 1 atom stereocenters. The molecule has 0 saturated carbocycles. The van der Waals surface area contributed by atoms with Crippen molar-refractivity contribution in [3.8, 4) is 0 Å². The number of carbonyl (C=O) groups is 2. The van der Waals surface area contributed by atoms with Crippen LogP contribution >= 0.6 is 0 Å². The predicted molar refractivity (Wildman–Crippen MR) is 137 cm³/mol. The number of hydrogen-bond donors (Lipinski definition) is 1. The van der Waals surface area contributed by atoms with Gasteiger partial charge in [-0.15, -0.1) is 0 Å². The van der Waals surface area contributed by atoms with E-state index < -0.39 is 23.5 Å². The summed E-state index contributed by atoms with van der Waals surface area (Å²) in [6.45, 7) is 7.90. The molecule has 4 rings (SSSR count). The van der Waals surface area contributed by atoms with Crippen LogP contribution in [-0.2, 0) is 16.0 Å². The van der Waals surface area contributed by atoms with Crippen molar-refractivity contribution >= 4 is 28.8 Å². The van der Waals surface area contributed by atoms with E-state index in [9.17, 15) is 19.1 Å².